The number of alkyl halides is 3. The second-order valence-corrected chi connectivity index (χ2v) is 6.12. The minimum absolute atomic E-state index is 0.160. The first-order valence-corrected chi connectivity index (χ1v) is 8.00. The van der Waals surface area contributed by atoms with E-state index in [-0.39, 0.29) is 16.1 Å². The lowest BCUT2D eigenvalue weighted by Crippen LogP contribution is -2.19. The predicted molar refractivity (Wildman–Crippen MR) is 98.8 cm³/mol. The molecule has 0 saturated heterocycles. The summed E-state index contributed by atoms with van der Waals surface area (Å²) in [5.74, 6) is 0. The number of halogens is 4. The average molecular weight is 399 g/mol. The van der Waals surface area contributed by atoms with E-state index in [1.54, 1.807) is 24.3 Å². The van der Waals surface area contributed by atoms with Gasteiger partial charge in [0, 0.05) is 27.8 Å². The molecule has 2 N–H and O–H groups in total. The van der Waals surface area contributed by atoms with Crippen molar-refractivity contribution in [1.82, 2.24) is 0 Å². The molecular formula is C17H10ClF3N2O2S. The Morgan fingerprint density at radius 2 is 1.62 bits per heavy atom. The lowest BCUT2D eigenvalue weighted by Gasteiger charge is -2.13. The van der Waals surface area contributed by atoms with Crippen LogP contribution in [0.5, 0.6) is 0 Å². The molecule has 3 aromatic rings. The van der Waals surface area contributed by atoms with Gasteiger partial charge >= 0.3 is 11.8 Å². The van der Waals surface area contributed by atoms with E-state index in [1.165, 1.54) is 18.2 Å². The van der Waals surface area contributed by atoms with Crippen molar-refractivity contribution >= 4 is 51.3 Å². The van der Waals surface area contributed by atoms with E-state index in [1.807, 2.05) is 0 Å². The van der Waals surface area contributed by atoms with Crippen molar-refractivity contribution in [1.29, 1.82) is 0 Å². The monoisotopic (exact) mass is 398 g/mol. The topological polar surface area (TPSA) is 54.3 Å². The summed E-state index contributed by atoms with van der Waals surface area (Å²) in [6.07, 6.45) is -4.69. The van der Waals surface area contributed by atoms with E-state index in [0.717, 1.165) is 0 Å². The standard InChI is InChI=1S/C17H10ClF3N2O2S/c18-9-1-3-10(4-2-9)22-16(26)23-11-5-6-14-12(7-11)13(17(19,20)21)8-15(24)25-14/h1-8H,(H2,22,23,26). The van der Waals surface area contributed by atoms with Gasteiger partial charge in [-0.25, -0.2) is 4.79 Å². The maximum atomic E-state index is 13.2. The molecule has 0 radical (unpaired) electrons. The van der Waals surface area contributed by atoms with Crippen molar-refractivity contribution in [3.8, 4) is 0 Å². The van der Waals surface area contributed by atoms with E-state index >= 15 is 0 Å². The fourth-order valence-electron chi connectivity index (χ4n) is 2.30. The van der Waals surface area contributed by atoms with Crippen LogP contribution < -0.4 is 16.3 Å². The molecule has 0 aliphatic rings. The number of nitrogens with one attached hydrogen (secondary N) is 2. The number of rotatable bonds is 2. The smallest absolute Gasteiger partial charge is 0.417 e. The van der Waals surface area contributed by atoms with Gasteiger partial charge in [-0.05, 0) is 54.7 Å². The van der Waals surface area contributed by atoms with Gasteiger partial charge in [-0.3, -0.25) is 0 Å². The third-order valence-electron chi connectivity index (χ3n) is 3.41. The first-order valence-electron chi connectivity index (χ1n) is 7.21. The first-order chi connectivity index (χ1) is 12.2. The van der Waals surface area contributed by atoms with Gasteiger partial charge in [0.2, 0.25) is 0 Å². The van der Waals surface area contributed by atoms with Crippen LogP contribution in [0.3, 0.4) is 0 Å². The van der Waals surface area contributed by atoms with Crippen LogP contribution in [0.4, 0.5) is 24.5 Å². The summed E-state index contributed by atoms with van der Waals surface area (Å²) < 4.78 is 44.3. The van der Waals surface area contributed by atoms with Crippen LogP contribution in [0.1, 0.15) is 5.56 Å². The molecule has 3 rings (SSSR count). The highest BCUT2D eigenvalue weighted by molar-refractivity contribution is 7.80. The van der Waals surface area contributed by atoms with Crippen LogP contribution in [0.15, 0.2) is 57.7 Å². The number of benzene rings is 2. The minimum Gasteiger partial charge on any atom is -0.423 e. The molecule has 0 amide bonds. The van der Waals surface area contributed by atoms with Crippen molar-refractivity contribution in [3.05, 3.63) is 69.5 Å². The molecular weight excluding hydrogens is 389 g/mol. The molecule has 0 aliphatic carbocycles. The van der Waals surface area contributed by atoms with Crippen molar-refractivity contribution in [3.63, 3.8) is 0 Å². The van der Waals surface area contributed by atoms with Gasteiger partial charge in [0.25, 0.3) is 0 Å². The Balaban J connectivity index is 1.89. The minimum atomic E-state index is -4.69. The summed E-state index contributed by atoms with van der Waals surface area (Å²) in [6.45, 7) is 0. The highest BCUT2D eigenvalue weighted by atomic mass is 35.5. The van der Waals surface area contributed by atoms with Crippen molar-refractivity contribution in [2.75, 3.05) is 10.6 Å². The largest absolute Gasteiger partial charge is 0.423 e. The fraction of sp³-hybridized carbons (Fsp3) is 0.0588. The molecule has 0 saturated carbocycles. The summed E-state index contributed by atoms with van der Waals surface area (Å²) >= 11 is 10.9. The molecule has 0 fully saturated rings. The lowest BCUT2D eigenvalue weighted by molar-refractivity contribution is -0.136. The maximum absolute atomic E-state index is 13.2. The Hall–Kier alpha value is -2.58. The van der Waals surface area contributed by atoms with E-state index in [9.17, 15) is 18.0 Å². The predicted octanol–water partition coefficient (Wildman–Crippen LogP) is 5.27. The summed E-state index contributed by atoms with van der Waals surface area (Å²) in [5, 5.41) is 6.18. The van der Waals surface area contributed by atoms with Gasteiger partial charge < -0.3 is 15.1 Å². The van der Waals surface area contributed by atoms with Crippen LogP contribution in [-0.2, 0) is 6.18 Å². The molecule has 134 valence electrons. The number of fused-ring (bicyclic) bond motifs is 1. The molecule has 4 nitrogen and oxygen atoms in total. The zero-order valence-electron chi connectivity index (χ0n) is 12.9. The Kier molecular flexibility index (Phi) is 4.88. The molecule has 26 heavy (non-hydrogen) atoms. The quantitative estimate of drug-likeness (QED) is 0.454. The van der Waals surface area contributed by atoms with Gasteiger partial charge in [-0.1, -0.05) is 11.6 Å². The zero-order chi connectivity index (χ0) is 18.9. The van der Waals surface area contributed by atoms with Crippen molar-refractivity contribution in [2.24, 2.45) is 0 Å². The summed E-state index contributed by atoms with van der Waals surface area (Å²) in [7, 11) is 0. The van der Waals surface area contributed by atoms with Crippen molar-refractivity contribution < 1.29 is 17.6 Å². The Morgan fingerprint density at radius 3 is 2.27 bits per heavy atom. The van der Waals surface area contributed by atoms with E-state index in [4.69, 9.17) is 28.2 Å². The summed E-state index contributed by atoms with van der Waals surface area (Å²) in [6, 6.07) is 11.1. The highest BCUT2D eigenvalue weighted by Gasteiger charge is 2.33. The molecule has 1 aromatic heterocycles. The van der Waals surface area contributed by atoms with E-state index in [0.29, 0.717) is 22.5 Å². The molecule has 0 atom stereocenters. The van der Waals surface area contributed by atoms with Gasteiger partial charge in [-0.15, -0.1) is 0 Å². The summed E-state index contributed by atoms with van der Waals surface area (Å²) in [4.78, 5) is 11.3. The second-order valence-electron chi connectivity index (χ2n) is 5.27. The van der Waals surface area contributed by atoms with Crippen molar-refractivity contribution in [2.45, 2.75) is 6.18 Å². The van der Waals surface area contributed by atoms with Crippen LogP contribution in [-0.4, -0.2) is 5.11 Å². The molecule has 2 aromatic carbocycles. The van der Waals surface area contributed by atoms with Crippen LogP contribution in [0, 0.1) is 0 Å². The fourth-order valence-corrected chi connectivity index (χ4v) is 2.66. The number of anilines is 2. The van der Waals surface area contributed by atoms with E-state index < -0.39 is 17.4 Å². The normalized spacial score (nSPS) is 11.4. The third-order valence-corrected chi connectivity index (χ3v) is 3.86. The van der Waals surface area contributed by atoms with Crippen LogP contribution in [0.25, 0.3) is 11.0 Å². The lowest BCUT2D eigenvalue weighted by atomic mass is 10.1. The molecule has 0 unspecified atom stereocenters. The molecule has 0 bridgehead atoms. The number of hydrogen-bond acceptors (Lipinski definition) is 3. The third kappa shape index (κ3) is 4.14. The molecule has 0 spiro atoms. The first kappa shape index (κ1) is 18.2. The van der Waals surface area contributed by atoms with Gasteiger partial charge in [0.05, 0.1) is 5.56 Å². The van der Waals surface area contributed by atoms with Gasteiger partial charge in [0.15, 0.2) is 5.11 Å². The molecule has 0 aliphatic heterocycles. The van der Waals surface area contributed by atoms with Gasteiger partial charge in [0.1, 0.15) is 5.58 Å². The molecule has 1 heterocycles. The Bertz CT molecular complexity index is 1030. The number of hydrogen-bond donors (Lipinski definition) is 2. The molecule has 9 heteroatoms. The Morgan fingerprint density at radius 1 is 1.00 bits per heavy atom. The summed E-state index contributed by atoms with van der Waals surface area (Å²) in [5.41, 5.74) is -1.32. The SMILES string of the molecule is O=c1cc(C(F)(F)F)c2cc(NC(=S)Nc3ccc(Cl)cc3)ccc2o1. The second kappa shape index (κ2) is 6.97. The highest BCUT2D eigenvalue weighted by Crippen LogP contribution is 2.34. The number of thiocarbonyl (C=S) groups is 1. The maximum Gasteiger partial charge on any atom is 0.417 e. The zero-order valence-corrected chi connectivity index (χ0v) is 14.4. The van der Waals surface area contributed by atoms with Gasteiger partial charge in [-0.2, -0.15) is 13.2 Å². The average Bonchev–Trinajstić information content (AvgIpc) is 2.55. The Labute approximate surface area is 155 Å². The van der Waals surface area contributed by atoms with Crippen LogP contribution in [0.2, 0.25) is 5.02 Å². The van der Waals surface area contributed by atoms with Crippen LogP contribution >= 0.6 is 23.8 Å². The van der Waals surface area contributed by atoms with E-state index in [2.05, 4.69) is 10.6 Å².